The fraction of sp³-hybridized carbons (Fsp3) is 0.167. The first kappa shape index (κ1) is 15.0. The summed E-state index contributed by atoms with van der Waals surface area (Å²) in [6, 6.07) is 16.2. The van der Waals surface area contributed by atoms with Crippen molar-refractivity contribution in [3.05, 3.63) is 72.4 Å². The molecule has 4 aromatic rings. The molecule has 3 heterocycles. The number of nitrogens with zero attached hydrogens (tertiary/aromatic N) is 4. The Morgan fingerprint density at radius 1 is 1.12 bits per heavy atom. The van der Waals surface area contributed by atoms with Crippen molar-refractivity contribution < 1.29 is 4.52 Å². The second kappa shape index (κ2) is 6.49. The van der Waals surface area contributed by atoms with Crippen molar-refractivity contribution >= 4 is 17.4 Å². The summed E-state index contributed by atoms with van der Waals surface area (Å²) in [5.74, 6) is 2.11. The van der Waals surface area contributed by atoms with Gasteiger partial charge in [-0.1, -0.05) is 41.6 Å². The molecule has 0 N–H and O–H groups in total. The Bertz CT molecular complexity index is 948. The van der Waals surface area contributed by atoms with Crippen LogP contribution >= 0.6 is 11.8 Å². The Kier molecular flexibility index (Phi) is 4.04. The van der Waals surface area contributed by atoms with Gasteiger partial charge >= 0.3 is 0 Å². The SMILES string of the molecule is C[C@@H](SCc1ccccc1)c1nc(-c2cnc3ccccn23)no1. The van der Waals surface area contributed by atoms with Gasteiger partial charge < -0.3 is 4.52 Å². The Morgan fingerprint density at radius 3 is 2.83 bits per heavy atom. The van der Waals surface area contributed by atoms with E-state index in [-0.39, 0.29) is 5.25 Å². The van der Waals surface area contributed by atoms with Gasteiger partial charge in [0, 0.05) is 11.9 Å². The molecule has 120 valence electrons. The van der Waals surface area contributed by atoms with Gasteiger partial charge in [0.15, 0.2) is 0 Å². The second-order valence-corrected chi connectivity index (χ2v) is 6.80. The fourth-order valence-corrected chi connectivity index (χ4v) is 3.34. The summed E-state index contributed by atoms with van der Waals surface area (Å²) in [5.41, 5.74) is 2.99. The molecule has 0 saturated carbocycles. The highest BCUT2D eigenvalue weighted by Gasteiger charge is 2.17. The van der Waals surface area contributed by atoms with E-state index in [0.29, 0.717) is 11.7 Å². The van der Waals surface area contributed by atoms with Crippen LogP contribution in [0.15, 0.2) is 65.4 Å². The lowest BCUT2D eigenvalue weighted by Gasteiger charge is -2.05. The maximum absolute atomic E-state index is 5.46. The van der Waals surface area contributed by atoms with Gasteiger partial charge in [-0.3, -0.25) is 4.40 Å². The average molecular weight is 336 g/mol. The van der Waals surface area contributed by atoms with Crippen LogP contribution in [-0.2, 0) is 5.75 Å². The first-order valence-corrected chi connectivity index (χ1v) is 8.78. The average Bonchev–Trinajstić information content (AvgIpc) is 3.27. The molecule has 0 radical (unpaired) electrons. The first-order valence-electron chi connectivity index (χ1n) is 7.73. The topological polar surface area (TPSA) is 56.2 Å². The molecule has 1 atom stereocenters. The van der Waals surface area contributed by atoms with E-state index in [1.165, 1.54) is 5.56 Å². The van der Waals surface area contributed by atoms with Gasteiger partial charge in [-0.2, -0.15) is 4.98 Å². The minimum atomic E-state index is 0.130. The van der Waals surface area contributed by atoms with Gasteiger partial charge in [0.1, 0.15) is 11.3 Å². The van der Waals surface area contributed by atoms with E-state index in [1.54, 1.807) is 18.0 Å². The molecule has 0 bridgehead atoms. The summed E-state index contributed by atoms with van der Waals surface area (Å²) in [5, 5.41) is 4.25. The maximum atomic E-state index is 5.46. The van der Waals surface area contributed by atoms with E-state index < -0.39 is 0 Å². The van der Waals surface area contributed by atoms with Crippen molar-refractivity contribution in [3.63, 3.8) is 0 Å². The molecule has 5 nitrogen and oxygen atoms in total. The van der Waals surface area contributed by atoms with E-state index in [2.05, 4.69) is 46.3 Å². The van der Waals surface area contributed by atoms with Crippen LogP contribution < -0.4 is 0 Å². The van der Waals surface area contributed by atoms with Crippen LogP contribution in [-0.4, -0.2) is 19.5 Å². The third-order valence-corrected chi connectivity index (χ3v) is 4.98. The van der Waals surface area contributed by atoms with E-state index in [9.17, 15) is 0 Å². The molecule has 0 spiro atoms. The molecular weight excluding hydrogens is 320 g/mol. The van der Waals surface area contributed by atoms with Crippen molar-refractivity contribution in [3.8, 4) is 11.5 Å². The van der Waals surface area contributed by atoms with Crippen LogP contribution in [0, 0.1) is 0 Å². The lowest BCUT2D eigenvalue weighted by atomic mass is 10.2. The predicted octanol–water partition coefficient (Wildman–Crippen LogP) is 4.38. The summed E-state index contributed by atoms with van der Waals surface area (Å²) in [6.07, 6.45) is 3.72. The molecule has 0 amide bonds. The van der Waals surface area contributed by atoms with Gasteiger partial charge in [0.05, 0.1) is 11.4 Å². The number of thioether (sulfide) groups is 1. The number of fused-ring (bicyclic) bond motifs is 1. The molecule has 0 aliphatic carbocycles. The highest BCUT2D eigenvalue weighted by Crippen LogP contribution is 2.31. The van der Waals surface area contributed by atoms with Gasteiger partial charge in [-0.15, -0.1) is 11.8 Å². The molecule has 3 aromatic heterocycles. The van der Waals surface area contributed by atoms with Crippen LogP contribution in [0.1, 0.15) is 23.6 Å². The van der Waals surface area contributed by atoms with Gasteiger partial charge in [0.2, 0.25) is 11.7 Å². The number of pyridine rings is 1. The molecule has 0 saturated heterocycles. The minimum absolute atomic E-state index is 0.130. The lowest BCUT2D eigenvalue weighted by molar-refractivity contribution is 0.380. The number of benzene rings is 1. The first-order chi connectivity index (χ1) is 11.8. The molecule has 1 aromatic carbocycles. The minimum Gasteiger partial charge on any atom is -0.338 e. The molecule has 0 fully saturated rings. The van der Waals surface area contributed by atoms with Crippen LogP contribution in [0.25, 0.3) is 17.2 Å². The summed E-state index contributed by atoms with van der Waals surface area (Å²) < 4.78 is 7.42. The van der Waals surface area contributed by atoms with Crippen LogP contribution in [0.3, 0.4) is 0 Å². The molecule has 4 rings (SSSR count). The fourth-order valence-electron chi connectivity index (χ4n) is 2.47. The predicted molar refractivity (Wildman–Crippen MR) is 94.6 cm³/mol. The van der Waals surface area contributed by atoms with Crippen LogP contribution in [0.4, 0.5) is 0 Å². The molecule has 0 unspecified atom stereocenters. The van der Waals surface area contributed by atoms with Crippen LogP contribution in [0.2, 0.25) is 0 Å². The molecule has 24 heavy (non-hydrogen) atoms. The second-order valence-electron chi connectivity index (χ2n) is 5.47. The van der Waals surface area contributed by atoms with Gasteiger partial charge in [-0.05, 0) is 24.6 Å². The quantitative estimate of drug-likeness (QED) is 0.541. The van der Waals surface area contributed by atoms with Crippen molar-refractivity contribution in [2.24, 2.45) is 0 Å². The number of hydrogen-bond donors (Lipinski definition) is 0. The summed E-state index contributed by atoms with van der Waals surface area (Å²) in [6.45, 7) is 2.08. The summed E-state index contributed by atoms with van der Waals surface area (Å²) in [4.78, 5) is 8.92. The third-order valence-electron chi connectivity index (χ3n) is 3.78. The molecule has 0 aliphatic heterocycles. The van der Waals surface area contributed by atoms with E-state index >= 15 is 0 Å². The standard InChI is InChI=1S/C18H16N4OS/c1-13(24-12-14-7-3-2-4-8-14)18-20-17(21-23-18)15-11-19-16-9-5-6-10-22(15)16/h2-11,13H,12H2,1H3/t13-/m1/s1. The van der Waals surface area contributed by atoms with Gasteiger partial charge in [-0.25, -0.2) is 4.98 Å². The maximum Gasteiger partial charge on any atom is 0.239 e. The summed E-state index contributed by atoms with van der Waals surface area (Å²) in [7, 11) is 0. The Balaban J connectivity index is 1.52. The zero-order chi connectivity index (χ0) is 16.4. The van der Waals surface area contributed by atoms with Gasteiger partial charge in [0.25, 0.3) is 0 Å². The zero-order valence-electron chi connectivity index (χ0n) is 13.2. The normalized spacial score (nSPS) is 12.5. The highest BCUT2D eigenvalue weighted by molar-refractivity contribution is 7.98. The highest BCUT2D eigenvalue weighted by atomic mass is 32.2. The summed E-state index contributed by atoms with van der Waals surface area (Å²) >= 11 is 1.78. The monoisotopic (exact) mass is 336 g/mol. The Hall–Kier alpha value is -2.60. The molecular formula is C18H16N4OS. The lowest BCUT2D eigenvalue weighted by Crippen LogP contribution is -1.92. The van der Waals surface area contributed by atoms with Crippen molar-refractivity contribution in [2.75, 3.05) is 0 Å². The van der Waals surface area contributed by atoms with E-state index in [1.807, 2.05) is 34.9 Å². The van der Waals surface area contributed by atoms with Crippen molar-refractivity contribution in [2.45, 2.75) is 17.9 Å². The Morgan fingerprint density at radius 2 is 1.96 bits per heavy atom. The zero-order valence-corrected chi connectivity index (χ0v) is 14.0. The van der Waals surface area contributed by atoms with Crippen molar-refractivity contribution in [1.29, 1.82) is 0 Å². The van der Waals surface area contributed by atoms with Crippen molar-refractivity contribution in [1.82, 2.24) is 19.5 Å². The number of aromatic nitrogens is 4. The van der Waals surface area contributed by atoms with Crippen LogP contribution in [0.5, 0.6) is 0 Å². The smallest absolute Gasteiger partial charge is 0.239 e. The number of rotatable bonds is 5. The largest absolute Gasteiger partial charge is 0.338 e. The molecule has 0 aliphatic rings. The Labute approximate surface area is 143 Å². The van der Waals surface area contributed by atoms with E-state index in [0.717, 1.165) is 17.1 Å². The third kappa shape index (κ3) is 2.92. The molecule has 6 heteroatoms. The number of hydrogen-bond acceptors (Lipinski definition) is 5. The van der Waals surface area contributed by atoms with E-state index in [4.69, 9.17) is 4.52 Å². The number of imidazole rings is 1.